The highest BCUT2D eigenvalue weighted by Crippen LogP contribution is 2.26. The zero-order chi connectivity index (χ0) is 15.4. The summed E-state index contributed by atoms with van der Waals surface area (Å²) in [5.41, 5.74) is 7.37. The summed E-state index contributed by atoms with van der Waals surface area (Å²) in [6.07, 6.45) is 0. The molecule has 1 aromatic heterocycles. The van der Waals surface area contributed by atoms with Crippen LogP contribution < -0.4 is 10.5 Å². The number of aryl methyl sites for hydroxylation is 1. The van der Waals surface area contributed by atoms with Crippen molar-refractivity contribution in [2.45, 2.75) is 32.5 Å². The molecule has 0 bridgehead atoms. The SMILES string of the molecule is COc1ccc(C(C(C)N)N(C)Cc2ccc(C)o2)cc1. The lowest BCUT2D eigenvalue weighted by Crippen LogP contribution is -2.36. The largest absolute Gasteiger partial charge is 0.497 e. The molecule has 0 radical (unpaired) electrons. The van der Waals surface area contributed by atoms with Crippen molar-refractivity contribution in [3.05, 3.63) is 53.5 Å². The number of methoxy groups -OCH3 is 1. The van der Waals surface area contributed by atoms with E-state index in [2.05, 4.69) is 24.1 Å². The number of nitrogens with two attached hydrogens (primary N) is 1. The normalized spacial score (nSPS) is 14.2. The van der Waals surface area contributed by atoms with Crippen LogP contribution in [0.4, 0.5) is 0 Å². The fourth-order valence-electron chi connectivity index (χ4n) is 2.67. The Morgan fingerprint density at radius 1 is 1.19 bits per heavy atom. The van der Waals surface area contributed by atoms with E-state index in [0.29, 0.717) is 0 Å². The lowest BCUT2D eigenvalue weighted by molar-refractivity contribution is 0.195. The Hall–Kier alpha value is -1.78. The maximum absolute atomic E-state index is 6.20. The molecule has 1 heterocycles. The predicted molar refractivity (Wildman–Crippen MR) is 84.3 cm³/mol. The first-order valence-electron chi connectivity index (χ1n) is 7.16. The molecular formula is C17H24N2O2. The van der Waals surface area contributed by atoms with Crippen LogP contribution in [0.25, 0.3) is 0 Å². The summed E-state index contributed by atoms with van der Waals surface area (Å²) in [6.45, 7) is 4.71. The zero-order valence-corrected chi connectivity index (χ0v) is 13.2. The van der Waals surface area contributed by atoms with Crippen molar-refractivity contribution in [1.29, 1.82) is 0 Å². The number of furan rings is 1. The second kappa shape index (κ2) is 6.78. The predicted octanol–water partition coefficient (Wildman–Crippen LogP) is 3.12. The van der Waals surface area contributed by atoms with Crippen LogP contribution in [0, 0.1) is 6.92 Å². The minimum atomic E-state index is 0.0134. The average molecular weight is 288 g/mol. The number of nitrogens with zero attached hydrogens (tertiary/aromatic N) is 1. The van der Waals surface area contributed by atoms with Crippen molar-refractivity contribution in [3.8, 4) is 5.75 Å². The van der Waals surface area contributed by atoms with E-state index >= 15 is 0 Å². The number of ether oxygens (including phenoxy) is 1. The molecule has 0 saturated carbocycles. The summed E-state index contributed by atoms with van der Waals surface area (Å²) in [4.78, 5) is 2.21. The topological polar surface area (TPSA) is 51.6 Å². The number of benzene rings is 1. The quantitative estimate of drug-likeness (QED) is 0.887. The molecule has 0 spiro atoms. The highest BCUT2D eigenvalue weighted by molar-refractivity contribution is 5.30. The van der Waals surface area contributed by atoms with Gasteiger partial charge in [-0.1, -0.05) is 12.1 Å². The smallest absolute Gasteiger partial charge is 0.118 e. The molecule has 2 rings (SSSR count). The van der Waals surface area contributed by atoms with Crippen LogP contribution in [0.1, 0.15) is 30.0 Å². The molecular weight excluding hydrogens is 264 g/mol. The third-order valence-electron chi connectivity index (χ3n) is 3.63. The van der Waals surface area contributed by atoms with E-state index < -0.39 is 0 Å². The molecule has 0 aliphatic rings. The van der Waals surface area contributed by atoms with Gasteiger partial charge in [0.15, 0.2) is 0 Å². The molecule has 2 unspecified atom stereocenters. The van der Waals surface area contributed by atoms with Crippen LogP contribution in [0.15, 0.2) is 40.8 Å². The van der Waals surface area contributed by atoms with Crippen molar-refractivity contribution < 1.29 is 9.15 Å². The van der Waals surface area contributed by atoms with Gasteiger partial charge < -0.3 is 14.9 Å². The van der Waals surface area contributed by atoms with Crippen LogP contribution >= 0.6 is 0 Å². The third-order valence-corrected chi connectivity index (χ3v) is 3.63. The Bertz CT molecular complexity index is 560. The maximum Gasteiger partial charge on any atom is 0.118 e. The molecule has 4 heteroatoms. The summed E-state index contributed by atoms with van der Waals surface area (Å²) in [5.74, 6) is 2.74. The second-order valence-corrected chi connectivity index (χ2v) is 5.50. The number of rotatable bonds is 6. The lowest BCUT2D eigenvalue weighted by atomic mass is 9.99. The van der Waals surface area contributed by atoms with Crippen LogP contribution in [0.2, 0.25) is 0 Å². The number of hydrogen-bond acceptors (Lipinski definition) is 4. The van der Waals surface area contributed by atoms with Gasteiger partial charge in [-0.2, -0.15) is 0 Å². The molecule has 114 valence electrons. The highest BCUT2D eigenvalue weighted by Gasteiger charge is 2.22. The van der Waals surface area contributed by atoms with Crippen molar-refractivity contribution in [1.82, 2.24) is 4.90 Å². The van der Waals surface area contributed by atoms with Crippen molar-refractivity contribution >= 4 is 0 Å². The summed E-state index contributed by atoms with van der Waals surface area (Å²) in [5, 5.41) is 0. The van der Waals surface area contributed by atoms with Gasteiger partial charge in [0, 0.05) is 12.1 Å². The summed E-state index contributed by atoms with van der Waals surface area (Å²) < 4.78 is 10.9. The molecule has 2 aromatic rings. The van der Waals surface area contributed by atoms with E-state index in [1.807, 2.05) is 38.1 Å². The van der Waals surface area contributed by atoms with E-state index in [1.165, 1.54) is 5.56 Å². The van der Waals surface area contributed by atoms with Crippen molar-refractivity contribution in [3.63, 3.8) is 0 Å². The van der Waals surface area contributed by atoms with E-state index in [9.17, 15) is 0 Å². The van der Waals surface area contributed by atoms with Gasteiger partial charge in [-0.15, -0.1) is 0 Å². The Balaban J connectivity index is 2.16. The van der Waals surface area contributed by atoms with Crippen LogP contribution in [0.3, 0.4) is 0 Å². The summed E-state index contributed by atoms with van der Waals surface area (Å²) >= 11 is 0. The van der Waals surface area contributed by atoms with E-state index in [0.717, 1.165) is 23.8 Å². The molecule has 1 aromatic carbocycles. The van der Waals surface area contributed by atoms with Crippen molar-refractivity contribution in [2.24, 2.45) is 5.73 Å². The first-order chi connectivity index (χ1) is 10.0. The molecule has 0 saturated heterocycles. The molecule has 4 nitrogen and oxygen atoms in total. The standard InChI is InChI=1S/C17H24N2O2/c1-12-5-8-16(21-12)11-19(3)17(13(2)18)14-6-9-15(20-4)10-7-14/h5-10,13,17H,11,18H2,1-4H3. The highest BCUT2D eigenvalue weighted by atomic mass is 16.5. The van der Waals surface area contributed by atoms with Gasteiger partial charge in [0.2, 0.25) is 0 Å². The fraction of sp³-hybridized carbons (Fsp3) is 0.412. The molecule has 0 amide bonds. The first kappa shape index (κ1) is 15.6. The minimum Gasteiger partial charge on any atom is -0.497 e. The van der Waals surface area contributed by atoms with Gasteiger partial charge >= 0.3 is 0 Å². The van der Waals surface area contributed by atoms with E-state index in [4.69, 9.17) is 14.9 Å². The van der Waals surface area contributed by atoms with E-state index in [-0.39, 0.29) is 12.1 Å². The second-order valence-electron chi connectivity index (χ2n) is 5.50. The van der Waals surface area contributed by atoms with Gasteiger partial charge in [-0.05, 0) is 50.7 Å². The van der Waals surface area contributed by atoms with Crippen molar-refractivity contribution in [2.75, 3.05) is 14.2 Å². The molecule has 2 N–H and O–H groups in total. The van der Waals surface area contributed by atoms with Crippen LogP contribution in [0.5, 0.6) is 5.75 Å². The number of likely N-dealkylation sites (N-methyl/N-ethyl adjacent to an activating group) is 1. The summed E-state index contributed by atoms with van der Waals surface area (Å²) in [6, 6.07) is 12.2. The molecule has 2 atom stereocenters. The Labute approximate surface area is 126 Å². The Morgan fingerprint density at radius 3 is 2.33 bits per heavy atom. The number of hydrogen-bond donors (Lipinski definition) is 1. The third kappa shape index (κ3) is 3.86. The Morgan fingerprint density at radius 2 is 1.86 bits per heavy atom. The average Bonchev–Trinajstić information content (AvgIpc) is 2.84. The van der Waals surface area contributed by atoms with Gasteiger partial charge in [0.1, 0.15) is 17.3 Å². The molecule has 0 aliphatic heterocycles. The van der Waals surface area contributed by atoms with Gasteiger partial charge in [0.05, 0.1) is 13.7 Å². The maximum atomic E-state index is 6.20. The minimum absolute atomic E-state index is 0.0134. The van der Waals surface area contributed by atoms with Gasteiger partial charge in [-0.3, -0.25) is 4.90 Å². The molecule has 0 aliphatic carbocycles. The Kier molecular flexibility index (Phi) is 5.04. The zero-order valence-electron chi connectivity index (χ0n) is 13.2. The van der Waals surface area contributed by atoms with Crippen LogP contribution in [-0.2, 0) is 6.54 Å². The lowest BCUT2D eigenvalue weighted by Gasteiger charge is -2.31. The van der Waals surface area contributed by atoms with Gasteiger partial charge in [-0.25, -0.2) is 0 Å². The van der Waals surface area contributed by atoms with E-state index in [1.54, 1.807) is 7.11 Å². The monoisotopic (exact) mass is 288 g/mol. The first-order valence-corrected chi connectivity index (χ1v) is 7.16. The van der Waals surface area contributed by atoms with Gasteiger partial charge in [0.25, 0.3) is 0 Å². The molecule has 0 fully saturated rings. The fourth-order valence-corrected chi connectivity index (χ4v) is 2.67. The molecule has 21 heavy (non-hydrogen) atoms. The van der Waals surface area contributed by atoms with Crippen LogP contribution in [-0.4, -0.2) is 25.1 Å². The summed E-state index contributed by atoms with van der Waals surface area (Å²) in [7, 11) is 3.74.